The highest BCUT2D eigenvalue weighted by Crippen LogP contribution is 2.19. The number of nitrogens with zero attached hydrogens (tertiary/aromatic N) is 2. The third kappa shape index (κ3) is 5.60. The summed E-state index contributed by atoms with van der Waals surface area (Å²) in [5.74, 6) is 0. The first-order valence-electron chi connectivity index (χ1n) is 7.70. The third-order valence-corrected chi connectivity index (χ3v) is 3.13. The van der Waals surface area contributed by atoms with Crippen LogP contribution >= 0.6 is 0 Å². The Morgan fingerprint density at radius 2 is 1.95 bits per heavy atom. The summed E-state index contributed by atoms with van der Waals surface area (Å²) in [5, 5.41) is 3.32. The molecule has 0 bridgehead atoms. The van der Waals surface area contributed by atoms with Crippen LogP contribution in [0.3, 0.4) is 0 Å². The summed E-state index contributed by atoms with van der Waals surface area (Å²) in [5.41, 5.74) is 2.42. The van der Waals surface area contributed by atoms with Gasteiger partial charge in [0.2, 0.25) is 0 Å². The van der Waals surface area contributed by atoms with Crippen molar-refractivity contribution in [3.05, 3.63) is 24.0 Å². The Morgan fingerprint density at radius 3 is 2.37 bits per heavy atom. The van der Waals surface area contributed by atoms with Crippen LogP contribution in [0.15, 0.2) is 18.3 Å². The molecule has 0 unspecified atom stereocenters. The maximum atomic E-state index is 4.43. The topological polar surface area (TPSA) is 28.2 Å². The molecule has 1 aliphatic heterocycles. The van der Waals surface area contributed by atoms with Crippen molar-refractivity contribution in [2.45, 2.75) is 53.5 Å². The fraction of sp³-hybridized carbons (Fsp3) is 0.688. The highest BCUT2D eigenvalue weighted by atomic mass is 15.2. The minimum absolute atomic E-state index is 0.635. The van der Waals surface area contributed by atoms with Crippen LogP contribution in [-0.2, 0) is 6.42 Å². The molecule has 1 saturated heterocycles. The molecule has 0 aromatic carbocycles. The minimum atomic E-state index is 0.635. The number of pyridine rings is 1. The first kappa shape index (κ1) is 17.9. The number of anilines is 1. The van der Waals surface area contributed by atoms with Crippen molar-refractivity contribution in [3.63, 3.8) is 0 Å². The molecule has 1 N–H and O–H groups in total. The molecule has 1 aliphatic rings. The maximum Gasteiger partial charge on any atom is 0.0553 e. The normalized spacial score (nSPS) is 17.2. The van der Waals surface area contributed by atoms with Crippen LogP contribution in [0.2, 0.25) is 0 Å². The number of aryl methyl sites for hydroxylation is 1. The molecule has 2 heterocycles. The summed E-state index contributed by atoms with van der Waals surface area (Å²) in [6.07, 6.45) is 4.24. The van der Waals surface area contributed by atoms with Crippen molar-refractivity contribution in [1.29, 1.82) is 0 Å². The number of hydrogen-bond acceptors (Lipinski definition) is 3. The van der Waals surface area contributed by atoms with Gasteiger partial charge in [0.1, 0.15) is 0 Å². The van der Waals surface area contributed by atoms with Gasteiger partial charge < -0.3 is 10.2 Å². The first-order valence-corrected chi connectivity index (χ1v) is 7.70. The van der Waals surface area contributed by atoms with E-state index >= 15 is 0 Å². The van der Waals surface area contributed by atoms with E-state index in [0.717, 1.165) is 19.5 Å². The van der Waals surface area contributed by atoms with E-state index in [9.17, 15) is 0 Å². The number of likely N-dealkylation sites (N-methyl/N-ethyl adjacent to an activating group) is 1. The molecule has 1 aromatic rings. The van der Waals surface area contributed by atoms with E-state index in [4.69, 9.17) is 0 Å². The summed E-state index contributed by atoms with van der Waals surface area (Å²) >= 11 is 0. The lowest BCUT2D eigenvalue weighted by Gasteiger charge is -2.18. The van der Waals surface area contributed by atoms with Crippen LogP contribution in [0.5, 0.6) is 0 Å². The maximum absolute atomic E-state index is 4.43. The molecule has 1 aromatic heterocycles. The average molecular weight is 265 g/mol. The van der Waals surface area contributed by atoms with E-state index in [-0.39, 0.29) is 0 Å². The van der Waals surface area contributed by atoms with E-state index in [1.54, 1.807) is 0 Å². The van der Waals surface area contributed by atoms with Crippen molar-refractivity contribution < 1.29 is 0 Å². The van der Waals surface area contributed by atoms with Gasteiger partial charge in [0, 0.05) is 24.8 Å². The number of nitrogens with one attached hydrogen (secondary N) is 1. The summed E-state index contributed by atoms with van der Waals surface area (Å²) in [4.78, 5) is 6.83. The number of rotatable bonds is 3. The highest BCUT2D eigenvalue weighted by molar-refractivity contribution is 5.45. The van der Waals surface area contributed by atoms with Crippen molar-refractivity contribution >= 4 is 5.69 Å². The Labute approximate surface area is 119 Å². The summed E-state index contributed by atoms with van der Waals surface area (Å²) < 4.78 is 0. The lowest BCUT2D eigenvalue weighted by atomic mass is 10.2. The van der Waals surface area contributed by atoms with Crippen LogP contribution in [-0.4, -0.2) is 31.2 Å². The predicted octanol–water partition coefficient (Wildman–Crippen LogP) is 3.49. The van der Waals surface area contributed by atoms with Gasteiger partial charge in [-0.1, -0.05) is 34.6 Å². The molecule has 3 heteroatoms. The van der Waals surface area contributed by atoms with Gasteiger partial charge in [-0.2, -0.15) is 0 Å². The second kappa shape index (κ2) is 10.8. The van der Waals surface area contributed by atoms with Gasteiger partial charge in [0.05, 0.1) is 11.9 Å². The quantitative estimate of drug-likeness (QED) is 0.906. The largest absolute Gasteiger partial charge is 0.369 e. The predicted molar refractivity (Wildman–Crippen MR) is 86.0 cm³/mol. The number of aromatic nitrogens is 1. The van der Waals surface area contributed by atoms with Gasteiger partial charge in [0.15, 0.2) is 0 Å². The molecule has 0 amide bonds. The van der Waals surface area contributed by atoms with Gasteiger partial charge in [-0.05, 0) is 32.0 Å². The van der Waals surface area contributed by atoms with Crippen LogP contribution in [0.4, 0.5) is 5.69 Å². The summed E-state index contributed by atoms with van der Waals surface area (Å²) in [6, 6.07) is 4.95. The Balaban J connectivity index is 0.000000741. The molecule has 2 rings (SSSR count). The average Bonchev–Trinajstić information content (AvgIpc) is 3.00. The van der Waals surface area contributed by atoms with Gasteiger partial charge in [-0.3, -0.25) is 4.98 Å². The Kier molecular flexibility index (Phi) is 10.2. The molecular weight excluding hydrogens is 234 g/mol. The van der Waals surface area contributed by atoms with Gasteiger partial charge in [-0.15, -0.1) is 0 Å². The van der Waals surface area contributed by atoms with Crippen LogP contribution in [0, 0.1) is 0 Å². The van der Waals surface area contributed by atoms with Crippen molar-refractivity contribution in [3.8, 4) is 0 Å². The molecule has 0 saturated carbocycles. The minimum Gasteiger partial charge on any atom is -0.369 e. The van der Waals surface area contributed by atoms with Crippen LogP contribution in [0.1, 0.15) is 46.7 Å². The lowest BCUT2D eigenvalue weighted by Crippen LogP contribution is -2.29. The molecule has 0 spiro atoms. The zero-order valence-corrected chi connectivity index (χ0v) is 13.5. The molecule has 1 fully saturated rings. The fourth-order valence-corrected chi connectivity index (χ4v) is 2.04. The first-order chi connectivity index (χ1) is 9.33. The SMILES string of the molecule is CC.CC.CCc1ccc(N2CC[C@@H](NC)C2)cn1. The standard InChI is InChI=1S/C12H19N3.2C2H6/c1-3-10-4-5-12(8-14-10)15-7-6-11(9-15)13-2;2*1-2/h4-5,8,11,13H,3,6-7,9H2,1-2H3;2*1-2H3/t11-;;/m1../s1. The molecule has 1 atom stereocenters. The van der Waals surface area contributed by atoms with E-state index in [2.05, 4.69) is 34.3 Å². The third-order valence-electron chi connectivity index (χ3n) is 3.13. The molecule has 3 nitrogen and oxygen atoms in total. The monoisotopic (exact) mass is 265 g/mol. The van der Waals surface area contributed by atoms with E-state index in [0.29, 0.717) is 6.04 Å². The zero-order valence-electron chi connectivity index (χ0n) is 13.5. The Bertz CT molecular complexity index is 308. The lowest BCUT2D eigenvalue weighted by molar-refractivity contribution is 0.617. The second-order valence-corrected chi connectivity index (χ2v) is 4.08. The second-order valence-electron chi connectivity index (χ2n) is 4.08. The van der Waals surface area contributed by atoms with Gasteiger partial charge in [0.25, 0.3) is 0 Å². The molecule has 0 aliphatic carbocycles. The smallest absolute Gasteiger partial charge is 0.0553 e. The number of hydrogen-bond donors (Lipinski definition) is 1. The van der Waals surface area contributed by atoms with Crippen molar-refractivity contribution in [2.24, 2.45) is 0 Å². The Morgan fingerprint density at radius 1 is 1.26 bits per heavy atom. The molecule has 0 radical (unpaired) electrons. The van der Waals surface area contributed by atoms with E-state index in [1.165, 1.54) is 17.8 Å². The fourth-order valence-electron chi connectivity index (χ4n) is 2.04. The molecule has 110 valence electrons. The van der Waals surface area contributed by atoms with Crippen molar-refractivity contribution in [2.75, 3.05) is 25.0 Å². The summed E-state index contributed by atoms with van der Waals surface area (Å²) in [7, 11) is 2.03. The summed E-state index contributed by atoms with van der Waals surface area (Å²) in [6.45, 7) is 12.4. The van der Waals surface area contributed by atoms with E-state index in [1.807, 2.05) is 40.9 Å². The Hall–Kier alpha value is -1.09. The van der Waals surface area contributed by atoms with E-state index < -0.39 is 0 Å². The van der Waals surface area contributed by atoms with Gasteiger partial charge in [-0.25, -0.2) is 0 Å². The van der Waals surface area contributed by atoms with Crippen molar-refractivity contribution in [1.82, 2.24) is 10.3 Å². The van der Waals surface area contributed by atoms with Gasteiger partial charge >= 0.3 is 0 Å². The highest BCUT2D eigenvalue weighted by Gasteiger charge is 2.20. The van der Waals surface area contributed by atoms with Crippen LogP contribution in [0.25, 0.3) is 0 Å². The molecule has 19 heavy (non-hydrogen) atoms. The molecular formula is C16H31N3. The zero-order chi connectivity index (χ0) is 14.7. The van der Waals surface area contributed by atoms with Crippen LogP contribution < -0.4 is 10.2 Å².